The van der Waals surface area contributed by atoms with Gasteiger partial charge in [-0.25, -0.2) is 4.98 Å². The predicted molar refractivity (Wildman–Crippen MR) is 114 cm³/mol. The summed E-state index contributed by atoms with van der Waals surface area (Å²) in [7, 11) is 1.73. The van der Waals surface area contributed by atoms with Crippen LogP contribution in [0.1, 0.15) is 50.8 Å². The lowest BCUT2D eigenvalue weighted by atomic mass is 9.94. The first-order chi connectivity index (χ1) is 13.9. The minimum absolute atomic E-state index is 0.0749. The second-order valence-corrected chi connectivity index (χ2v) is 7.82. The molecule has 0 aliphatic heterocycles. The Labute approximate surface area is 170 Å². The first-order valence-corrected chi connectivity index (χ1v) is 10.2. The number of nitrogens with one attached hydrogen (secondary N) is 1. The van der Waals surface area contributed by atoms with Crippen molar-refractivity contribution in [3.05, 3.63) is 58.3 Å². The number of hydrogen-bond acceptors (Lipinski definition) is 4. The second kappa shape index (κ2) is 9.03. The molecule has 1 unspecified atom stereocenters. The maximum absolute atomic E-state index is 12.7. The van der Waals surface area contributed by atoms with Crippen molar-refractivity contribution in [3.8, 4) is 0 Å². The molecule has 0 fully saturated rings. The molecule has 0 spiro atoms. The van der Waals surface area contributed by atoms with E-state index in [1.165, 1.54) is 35.5 Å². The molecule has 1 amide bonds. The Morgan fingerprint density at radius 3 is 2.59 bits per heavy atom. The van der Waals surface area contributed by atoms with Gasteiger partial charge in [0.15, 0.2) is 5.65 Å². The van der Waals surface area contributed by atoms with Crippen molar-refractivity contribution in [2.24, 2.45) is 13.0 Å². The van der Waals surface area contributed by atoms with E-state index < -0.39 is 0 Å². The molecular formula is C22H29N5O2. The summed E-state index contributed by atoms with van der Waals surface area (Å²) in [5.74, 6) is 0.00184. The molecule has 2 heterocycles. The van der Waals surface area contributed by atoms with E-state index in [2.05, 4.69) is 60.4 Å². The second-order valence-electron chi connectivity index (χ2n) is 7.82. The smallest absolute Gasteiger partial charge is 0.264 e. The number of unbranched alkanes of at least 4 members (excludes halogenated alkanes) is 1. The minimum Gasteiger partial charge on any atom is -0.347 e. The zero-order valence-corrected chi connectivity index (χ0v) is 17.6. The van der Waals surface area contributed by atoms with Crippen LogP contribution in [0.5, 0.6) is 0 Å². The quantitative estimate of drug-likeness (QED) is 0.636. The third-order valence-electron chi connectivity index (χ3n) is 5.17. The topological polar surface area (TPSA) is 81.8 Å². The molecule has 3 rings (SSSR count). The van der Waals surface area contributed by atoms with E-state index in [1.807, 2.05) is 0 Å². The Hall–Kier alpha value is -2.96. The number of aromatic nitrogens is 4. The lowest BCUT2D eigenvalue weighted by Crippen LogP contribution is -2.36. The number of rotatable bonds is 8. The van der Waals surface area contributed by atoms with Gasteiger partial charge in [0.1, 0.15) is 18.3 Å². The fraction of sp³-hybridized carbons (Fsp3) is 0.455. The Kier molecular flexibility index (Phi) is 6.46. The number of amides is 1. The average molecular weight is 396 g/mol. The van der Waals surface area contributed by atoms with E-state index >= 15 is 0 Å². The zero-order valence-electron chi connectivity index (χ0n) is 17.6. The maximum atomic E-state index is 12.7. The van der Waals surface area contributed by atoms with Gasteiger partial charge in [-0.15, -0.1) is 0 Å². The summed E-state index contributed by atoms with van der Waals surface area (Å²) in [6, 6.07) is 8.33. The summed E-state index contributed by atoms with van der Waals surface area (Å²) in [6.45, 7) is 6.26. The van der Waals surface area contributed by atoms with E-state index in [4.69, 9.17) is 0 Å². The van der Waals surface area contributed by atoms with Gasteiger partial charge in [-0.3, -0.25) is 18.8 Å². The molecule has 29 heavy (non-hydrogen) atoms. The molecule has 154 valence electrons. The molecule has 7 nitrogen and oxygen atoms in total. The monoisotopic (exact) mass is 395 g/mol. The number of aryl methyl sites for hydroxylation is 2. The molecule has 0 saturated carbocycles. The predicted octanol–water partition coefficient (Wildman–Crippen LogP) is 2.99. The highest BCUT2D eigenvalue weighted by molar-refractivity contribution is 5.77. The highest BCUT2D eigenvalue weighted by atomic mass is 16.2. The van der Waals surface area contributed by atoms with Crippen LogP contribution in [0.3, 0.4) is 0 Å². The van der Waals surface area contributed by atoms with Gasteiger partial charge < -0.3 is 5.32 Å². The SMILES string of the molecule is CCCCc1ccc(C(NC(=O)Cn2cnc3c(cnn3C)c2=O)C(C)C)cc1. The van der Waals surface area contributed by atoms with Gasteiger partial charge in [0.2, 0.25) is 5.91 Å². The van der Waals surface area contributed by atoms with Gasteiger partial charge in [-0.2, -0.15) is 5.10 Å². The van der Waals surface area contributed by atoms with Gasteiger partial charge in [-0.05, 0) is 29.9 Å². The van der Waals surface area contributed by atoms with Crippen LogP contribution in [-0.2, 0) is 24.8 Å². The molecule has 2 aromatic heterocycles. The number of nitrogens with zero attached hydrogens (tertiary/aromatic N) is 4. The van der Waals surface area contributed by atoms with Crippen molar-refractivity contribution >= 4 is 16.9 Å². The first-order valence-electron chi connectivity index (χ1n) is 10.2. The molecule has 7 heteroatoms. The van der Waals surface area contributed by atoms with Crippen LogP contribution in [-0.4, -0.2) is 25.2 Å². The summed E-state index contributed by atoms with van der Waals surface area (Å²) in [5, 5.41) is 7.54. The average Bonchev–Trinajstić information content (AvgIpc) is 3.08. The molecular weight excluding hydrogens is 366 g/mol. The third kappa shape index (κ3) is 4.72. The highest BCUT2D eigenvalue weighted by Crippen LogP contribution is 2.22. The van der Waals surface area contributed by atoms with Crippen LogP contribution >= 0.6 is 0 Å². The van der Waals surface area contributed by atoms with Crippen LogP contribution in [0.15, 0.2) is 41.6 Å². The molecule has 1 N–H and O–H groups in total. The van der Waals surface area contributed by atoms with E-state index in [0.29, 0.717) is 11.0 Å². The van der Waals surface area contributed by atoms with Crippen LogP contribution in [0, 0.1) is 5.92 Å². The van der Waals surface area contributed by atoms with Crippen molar-refractivity contribution in [2.75, 3.05) is 0 Å². The lowest BCUT2D eigenvalue weighted by Gasteiger charge is -2.23. The summed E-state index contributed by atoms with van der Waals surface area (Å²) >= 11 is 0. The zero-order chi connectivity index (χ0) is 21.0. The van der Waals surface area contributed by atoms with E-state index in [9.17, 15) is 9.59 Å². The summed E-state index contributed by atoms with van der Waals surface area (Å²) in [6.07, 6.45) is 6.30. The van der Waals surface area contributed by atoms with E-state index in [1.54, 1.807) is 11.7 Å². The van der Waals surface area contributed by atoms with Crippen molar-refractivity contribution in [2.45, 2.75) is 52.6 Å². The fourth-order valence-electron chi connectivity index (χ4n) is 3.46. The van der Waals surface area contributed by atoms with Crippen molar-refractivity contribution in [3.63, 3.8) is 0 Å². The molecule has 0 aliphatic rings. The van der Waals surface area contributed by atoms with Gasteiger partial charge >= 0.3 is 0 Å². The Bertz CT molecular complexity index is 1030. The molecule has 0 radical (unpaired) electrons. The molecule has 3 aromatic rings. The van der Waals surface area contributed by atoms with Gasteiger partial charge in [0, 0.05) is 7.05 Å². The molecule has 0 saturated heterocycles. The van der Waals surface area contributed by atoms with Crippen LogP contribution in [0.2, 0.25) is 0 Å². The fourth-order valence-corrected chi connectivity index (χ4v) is 3.46. The number of carbonyl (C=O) groups excluding carboxylic acids is 1. The Morgan fingerprint density at radius 1 is 1.21 bits per heavy atom. The van der Waals surface area contributed by atoms with Crippen LogP contribution in [0.4, 0.5) is 0 Å². The number of benzene rings is 1. The minimum atomic E-state index is -0.264. The number of hydrogen-bond donors (Lipinski definition) is 1. The summed E-state index contributed by atoms with van der Waals surface area (Å²) in [4.78, 5) is 29.5. The molecule has 0 aliphatic carbocycles. The number of fused-ring (bicyclic) bond motifs is 1. The summed E-state index contributed by atoms with van der Waals surface area (Å²) in [5.41, 5.74) is 2.63. The molecule has 1 aromatic carbocycles. The normalized spacial score (nSPS) is 12.4. The first kappa shape index (κ1) is 20.8. The largest absolute Gasteiger partial charge is 0.347 e. The van der Waals surface area contributed by atoms with Crippen LogP contribution < -0.4 is 10.9 Å². The van der Waals surface area contributed by atoms with Crippen LogP contribution in [0.25, 0.3) is 11.0 Å². The lowest BCUT2D eigenvalue weighted by molar-refractivity contribution is -0.122. The number of carbonyl (C=O) groups is 1. The van der Waals surface area contributed by atoms with Gasteiger partial charge in [-0.1, -0.05) is 51.5 Å². The van der Waals surface area contributed by atoms with Crippen molar-refractivity contribution in [1.82, 2.24) is 24.6 Å². The Balaban J connectivity index is 1.73. The van der Waals surface area contributed by atoms with Gasteiger partial charge in [0.25, 0.3) is 5.56 Å². The summed E-state index contributed by atoms with van der Waals surface area (Å²) < 4.78 is 2.87. The molecule has 0 bridgehead atoms. The van der Waals surface area contributed by atoms with Crippen molar-refractivity contribution in [1.29, 1.82) is 0 Å². The third-order valence-corrected chi connectivity index (χ3v) is 5.17. The van der Waals surface area contributed by atoms with Gasteiger partial charge in [0.05, 0.1) is 12.2 Å². The Morgan fingerprint density at radius 2 is 1.93 bits per heavy atom. The van der Waals surface area contributed by atoms with E-state index in [0.717, 1.165) is 12.0 Å². The standard InChI is InChI=1S/C22H29N5O2/c1-5-6-7-16-8-10-17(11-9-16)20(15(2)3)25-19(28)13-27-14-23-21-18(22(27)29)12-24-26(21)4/h8-12,14-15,20H,5-7,13H2,1-4H3,(H,25,28). The maximum Gasteiger partial charge on any atom is 0.264 e. The molecule has 1 atom stereocenters. The highest BCUT2D eigenvalue weighted by Gasteiger charge is 2.19. The van der Waals surface area contributed by atoms with Crippen molar-refractivity contribution < 1.29 is 4.79 Å². The van der Waals surface area contributed by atoms with E-state index in [-0.39, 0.29) is 30.0 Å².